The number of rotatable bonds is 3. The molecule has 2 rings (SSSR count). The first-order valence-corrected chi connectivity index (χ1v) is 5.57. The number of primary amides is 1. The number of amides is 1. The van der Waals surface area contributed by atoms with Gasteiger partial charge >= 0.3 is 6.18 Å². The zero-order valence-electron chi connectivity index (χ0n) is 8.82. The van der Waals surface area contributed by atoms with E-state index in [1.807, 2.05) is 0 Å². The van der Waals surface area contributed by atoms with Crippen LogP contribution in [0.2, 0.25) is 0 Å². The highest BCUT2D eigenvalue weighted by Gasteiger charge is 2.30. The summed E-state index contributed by atoms with van der Waals surface area (Å²) < 4.78 is 41.0. The zero-order chi connectivity index (χ0) is 13.3. The van der Waals surface area contributed by atoms with Crippen LogP contribution in [0.25, 0.3) is 10.2 Å². The summed E-state index contributed by atoms with van der Waals surface area (Å²) in [5.41, 5.74) is 5.10. The maximum absolute atomic E-state index is 12.1. The molecule has 0 aromatic carbocycles. The molecule has 1 amide bonds. The lowest BCUT2D eigenvalue weighted by atomic mass is 10.3. The zero-order valence-corrected chi connectivity index (χ0v) is 9.64. The van der Waals surface area contributed by atoms with Crippen molar-refractivity contribution < 1.29 is 22.7 Å². The minimum atomic E-state index is -4.48. The van der Waals surface area contributed by atoms with E-state index in [2.05, 4.69) is 9.72 Å². The van der Waals surface area contributed by atoms with Crippen molar-refractivity contribution >= 4 is 27.5 Å². The molecule has 0 radical (unpaired) electrons. The van der Waals surface area contributed by atoms with Crippen molar-refractivity contribution in [2.45, 2.75) is 6.18 Å². The van der Waals surface area contributed by atoms with Gasteiger partial charge in [0.15, 0.2) is 12.4 Å². The van der Waals surface area contributed by atoms with Gasteiger partial charge in [-0.15, -0.1) is 11.3 Å². The Kier molecular flexibility index (Phi) is 3.12. The predicted octanol–water partition coefficient (Wildman–Crippen LogP) is 2.34. The molecule has 0 aliphatic heterocycles. The van der Waals surface area contributed by atoms with E-state index in [0.29, 0.717) is 10.2 Å². The Morgan fingerprint density at radius 1 is 1.50 bits per heavy atom. The molecule has 0 fully saturated rings. The maximum Gasteiger partial charge on any atom is 0.422 e. The Morgan fingerprint density at radius 3 is 2.83 bits per heavy atom. The third-order valence-corrected chi connectivity index (χ3v) is 3.13. The average molecular weight is 276 g/mol. The van der Waals surface area contributed by atoms with Gasteiger partial charge in [-0.05, 0) is 12.1 Å². The van der Waals surface area contributed by atoms with Crippen LogP contribution in [0.1, 0.15) is 9.67 Å². The van der Waals surface area contributed by atoms with Gasteiger partial charge in [-0.1, -0.05) is 0 Å². The quantitative estimate of drug-likeness (QED) is 0.935. The van der Waals surface area contributed by atoms with Crippen LogP contribution in [-0.2, 0) is 0 Å². The van der Waals surface area contributed by atoms with Gasteiger partial charge in [0.05, 0.1) is 5.39 Å². The van der Waals surface area contributed by atoms with Crippen molar-refractivity contribution in [3.05, 3.63) is 23.2 Å². The Bertz CT molecular complexity index is 594. The maximum atomic E-state index is 12.1. The average Bonchev–Trinajstić information content (AvgIpc) is 2.64. The summed E-state index contributed by atoms with van der Waals surface area (Å²) >= 11 is 0.905. The number of hydrogen-bond donors (Lipinski definition) is 1. The molecule has 0 spiro atoms. The summed E-state index contributed by atoms with van der Waals surface area (Å²) in [6.45, 7) is -1.48. The van der Waals surface area contributed by atoms with Gasteiger partial charge in [0.2, 0.25) is 0 Å². The number of thiophene rings is 1. The molecule has 0 atom stereocenters. The smallest absolute Gasteiger partial charge is 0.422 e. The second kappa shape index (κ2) is 4.45. The minimum Gasteiger partial charge on any atom is -0.482 e. The standard InChI is InChI=1S/C10H7F3N2O2S/c11-10(12,13)4-17-6-5-2-1-3-15-9(5)18-7(6)8(14)16/h1-3H,4H2,(H2,14,16). The molecule has 0 unspecified atom stereocenters. The molecular weight excluding hydrogens is 269 g/mol. The third-order valence-electron chi connectivity index (χ3n) is 2.02. The number of alkyl halides is 3. The Balaban J connectivity index is 2.45. The number of fused-ring (bicyclic) bond motifs is 1. The topological polar surface area (TPSA) is 65.2 Å². The second-order valence-corrected chi connectivity index (χ2v) is 4.38. The van der Waals surface area contributed by atoms with Crippen LogP contribution in [0, 0.1) is 0 Å². The number of pyridine rings is 1. The molecule has 18 heavy (non-hydrogen) atoms. The number of aromatic nitrogens is 1. The highest BCUT2D eigenvalue weighted by molar-refractivity contribution is 7.20. The molecular formula is C10H7F3N2O2S. The first kappa shape index (κ1) is 12.6. The molecule has 2 aromatic heterocycles. The number of hydrogen-bond acceptors (Lipinski definition) is 4. The summed E-state index contributed by atoms with van der Waals surface area (Å²) in [7, 11) is 0. The first-order valence-electron chi connectivity index (χ1n) is 4.75. The fourth-order valence-corrected chi connectivity index (χ4v) is 2.31. The fraction of sp³-hybridized carbons (Fsp3) is 0.200. The Hall–Kier alpha value is -1.83. The van der Waals surface area contributed by atoms with Crippen molar-refractivity contribution in [1.29, 1.82) is 0 Å². The van der Waals surface area contributed by atoms with Gasteiger partial charge < -0.3 is 10.5 Å². The van der Waals surface area contributed by atoms with E-state index in [1.165, 1.54) is 12.3 Å². The van der Waals surface area contributed by atoms with Gasteiger partial charge in [0.1, 0.15) is 9.71 Å². The molecule has 0 aliphatic rings. The molecule has 2 N–H and O–H groups in total. The van der Waals surface area contributed by atoms with E-state index in [-0.39, 0.29) is 10.6 Å². The highest BCUT2D eigenvalue weighted by Crippen LogP contribution is 2.36. The summed E-state index contributed by atoms with van der Waals surface area (Å²) in [6, 6.07) is 3.07. The number of carbonyl (C=O) groups is 1. The van der Waals surface area contributed by atoms with Gasteiger partial charge in [0, 0.05) is 6.20 Å². The Labute approximate surface area is 103 Å². The number of carbonyl (C=O) groups excluding carboxylic acids is 1. The molecule has 0 bridgehead atoms. The van der Waals surface area contributed by atoms with Gasteiger partial charge in [-0.25, -0.2) is 4.98 Å². The van der Waals surface area contributed by atoms with Crippen LogP contribution < -0.4 is 10.5 Å². The van der Waals surface area contributed by atoms with E-state index in [9.17, 15) is 18.0 Å². The highest BCUT2D eigenvalue weighted by atomic mass is 32.1. The van der Waals surface area contributed by atoms with Crippen LogP contribution in [0.5, 0.6) is 5.75 Å². The van der Waals surface area contributed by atoms with Gasteiger partial charge in [0.25, 0.3) is 5.91 Å². The van der Waals surface area contributed by atoms with Gasteiger partial charge in [-0.3, -0.25) is 4.79 Å². The molecule has 0 aliphatic carbocycles. The largest absolute Gasteiger partial charge is 0.482 e. The molecule has 96 valence electrons. The van der Waals surface area contributed by atoms with Crippen LogP contribution in [0.4, 0.5) is 13.2 Å². The van der Waals surface area contributed by atoms with Crippen LogP contribution in [0.15, 0.2) is 18.3 Å². The van der Waals surface area contributed by atoms with E-state index >= 15 is 0 Å². The minimum absolute atomic E-state index is 0.0621. The second-order valence-electron chi connectivity index (χ2n) is 3.38. The van der Waals surface area contributed by atoms with Gasteiger partial charge in [-0.2, -0.15) is 13.2 Å². The molecule has 2 heterocycles. The predicted molar refractivity (Wildman–Crippen MR) is 59.7 cm³/mol. The van der Waals surface area contributed by atoms with E-state index in [0.717, 1.165) is 11.3 Å². The van der Waals surface area contributed by atoms with E-state index in [1.54, 1.807) is 6.07 Å². The molecule has 0 saturated heterocycles. The lowest BCUT2D eigenvalue weighted by molar-refractivity contribution is -0.153. The first-order chi connectivity index (χ1) is 8.38. The van der Waals surface area contributed by atoms with Crippen LogP contribution >= 0.6 is 11.3 Å². The SMILES string of the molecule is NC(=O)c1sc2ncccc2c1OCC(F)(F)F. The summed E-state index contributed by atoms with van der Waals surface area (Å²) in [4.78, 5) is 15.4. The molecule has 8 heteroatoms. The molecule has 0 saturated carbocycles. The van der Waals surface area contributed by atoms with Crippen molar-refractivity contribution in [1.82, 2.24) is 4.98 Å². The summed E-state index contributed by atoms with van der Waals surface area (Å²) in [6.07, 6.45) is -3.01. The molecule has 2 aromatic rings. The summed E-state index contributed by atoms with van der Waals surface area (Å²) in [5.74, 6) is -0.997. The monoisotopic (exact) mass is 276 g/mol. The number of ether oxygens (including phenoxy) is 1. The van der Waals surface area contributed by atoms with Crippen LogP contribution in [-0.4, -0.2) is 23.7 Å². The lowest BCUT2D eigenvalue weighted by Crippen LogP contribution is -2.20. The number of nitrogens with zero attached hydrogens (tertiary/aromatic N) is 1. The summed E-state index contributed by atoms with van der Waals surface area (Å²) in [5, 5.41) is 0.348. The van der Waals surface area contributed by atoms with E-state index < -0.39 is 18.7 Å². The van der Waals surface area contributed by atoms with Crippen molar-refractivity contribution in [3.63, 3.8) is 0 Å². The number of nitrogens with two attached hydrogens (primary N) is 1. The van der Waals surface area contributed by atoms with Crippen molar-refractivity contribution in [2.24, 2.45) is 5.73 Å². The van der Waals surface area contributed by atoms with Crippen LogP contribution in [0.3, 0.4) is 0 Å². The fourth-order valence-electron chi connectivity index (χ4n) is 1.37. The normalized spacial score (nSPS) is 11.7. The number of halogens is 3. The lowest BCUT2D eigenvalue weighted by Gasteiger charge is -2.09. The van der Waals surface area contributed by atoms with Crippen molar-refractivity contribution in [3.8, 4) is 5.75 Å². The molecule has 4 nitrogen and oxygen atoms in total. The Morgan fingerprint density at radius 2 is 2.22 bits per heavy atom. The van der Waals surface area contributed by atoms with Crippen molar-refractivity contribution in [2.75, 3.05) is 6.61 Å². The third kappa shape index (κ3) is 2.53. The van der Waals surface area contributed by atoms with E-state index in [4.69, 9.17) is 5.73 Å².